The van der Waals surface area contributed by atoms with Gasteiger partial charge in [0, 0.05) is 88.4 Å². The summed E-state index contributed by atoms with van der Waals surface area (Å²) in [4.78, 5) is 88.3. The van der Waals surface area contributed by atoms with E-state index in [0.29, 0.717) is 58.5 Å². The molecule has 4 aromatic rings. The van der Waals surface area contributed by atoms with Crippen molar-refractivity contribution in [2.45, 2.75) is 102 Å². The van der Waals surface area contributed by atoms with Gasteiger partial charge in [-0.05, 0) is 95.9 Å². The Bertz CT molecular complexity index is 2480. The zero-order valence-electron chi connectivity index (χ0n) is 37.3. The number of likely N-dealkylation sites (tertiary alicyclic amines) is 1. The lowest BCUT2D eigenvalue weighted by molar-refractivity contribution is -0.136. The third kappa shape index (κ3) is 8.65. The number of benzene rings is 1. The molecule has 3 unspecified atom stereocenters. The molecule has 0 spiro atoms. The average Bonchev–Trinajstić information content (AvgIpc) is 3.82. The number of ether oxygens (including phenoxy) is 1. The fourth-order valence-electron chi connectivity index (χ4n) is 10.6. The maximum absolute atomic E-state index is 15.0. The van der Waals surface area contributed by atoms with Crippen LogP contribution in [0, 0.1) is 5.92 Å². The average molecular weight is 892 g/mol. The van der Waals surface area contributed by atoms with Gasteiger partial charge in [-0.1, -0.05) is 6.07 Å². The molecular formula is C47H58FN11O6. The third-order valence-corrected chi connectivity index (χ3v) is 14.1. The van der Waals surface area contributed by atoms with Crippen LogP contribution < -0.4 is 25.8 Å². The number of piperidine rings is 4. The summed E-state index contributed by atoms with van der Waals surface area (Å²) >= 11 is 0. The number of anilines is 4. The number of alkyl halides is 1. The number of imide groups is 2. The second kappa shape index (κ2) is 18.5. The molecule has 3 atom stereocenters. The molecule has 17 nitrogen and oxygen atoms in total. The van der Waals surface area contributed by atoms with Crippen LogP contribution >= 0.6 is 0 Å². The van der Waals surface area contributed by atoms with Crippen LogP contribution in [0.2, 0.25) is 0 Å². The number of hydrogen-bond acceptors (Lipinski definition) is 13. The van der Waals surface area contributed by atoms with Gasteiger partial charge in [-0.3, -0.25) is 34.2 Å². The maximum Gasteiger partial charge on any atom is 0.264 e. The van der Waals surface area contributed by atoms with Crippen molar-refractivity contribution in [1.82, 2.24) is 34.6 Å². The molecule has 8 heterocycles. The number of rotatable bonds is 13. The first-order valence-electron chi connectivity index (χ1n) is 23.1. The Labute approximate surface area is 377 Å². The van der Waals surface area contributed by atoms with E-state index in [9.17, 15) is 24.0 Å². The summed E-state index contributed by atoms with van der Waals surface area (Å²) in [5.41, 5.74) is 8.46. The van der Waals surface area contributed by atoms with Gasteiger partial charge in [-0.15, -0.1) is 0 Å². The standard InChI is InChI=1S/C47H58FN11O6/c1-28(2)57-26-33(43(49)61)32-25-51-40(24-37(32)57)58(39-11-17-50-47(52-39)56-23-16-38(65-3)34(48)27-56)30-14-19-54(20-15-30)18-5-6-29-12-21-55(22-13-29)35-8-4-7-31-42(35)46(64)59(45(31)63)36-9-10-41(60)53-44(36)62/h4,7-8,11,17,24-26,28-30,34,36,38H,5-6,9-10,12-16,18-23,27H2,1-3H3,(H2,49,61)(H,53,60,62). The molecular weight excluding hydrogens is 834 g/mol. The highest BCUT2D eigenvalue weighted by molar-refractivity contribution is 6.25. The Kier molecular flexibility index (Phi) is 12.6. The number of pyridine rings is 1. The lowest BCUT2D eigenvalue weighted by Gasteiger charge is -2.39. The number of aromatic nitrogens is 4. The zero-order valence-corrected chi connectivity index (χ0v) is 37.3. The van der Waals surface area contributed by atoms with Crippen molar-refractivity contribution in [3.05, 3.63) is 65.6 Å². The van der Waals surface area contributed by atoms with Crippen LogP contribution in [-0.2, 0) is 14.3 Å². The lowest BCUT2D eigenvalue weighted by Crippen LogP contribution is -2.54. The zero-order chi connectivity index (χ0) is 45.5. The second-order valence-corrected chi connectivity index (χ2v) is 18.4. The van der Waals surface area contributed by atoms with Gasteiger partial charge in [-0.2, -0.15) is 4.98 Å². The van der Waals surface area contributed by atoms with Crippen LogP contribution in [-0.4, -0.2) is 136 Å². The first kappa shape index (κ1) is 44.2. The second-order valence-electron chi connectivity index (χ2n) is 18.4. The van der Waals surface area contributed by atoms with Crippen molar-refractivity contribution < 1.29 is 33.1 Å². The van der Waals surface area contributed by atoms with E-state index in [1.807, 2.05) is 27.7 Å². The molecule has 5 amide bonds. The van der Waals surface area contributed by atoms with Gasteiger partial charge >= 0.3 is 0 Å². The van der Waals surface area contributed by atoms with Crippen molar-refractivity contribution >= 4 is 63.7 Å². The van der Waals surface area contributed by atoms with E-state index in [1.54, 1.807) is 37.8 Å². The molecule has 1 aromatic carbocycles. The predicted octanol–water partition coefficient (Wildman–Crippen LogP) is 4.77. The number of carbonyl (C=O) groups is 5. The Hall–Kier alpha value is -6.01. The number of fused-ring (bicyclic) bond motifs is 2. The number of hydrogen-bond donors (Lipinski definition) is 2. The molecule has 3 N–H and O–H groups in total. The Morgan fingerprint density at radius 2 is 1.72 bits per heavy atom. The molecule has 4 saturated heterocycles. The molecule has 5 aliphatic rings. The summed E-state index contributed by atoms with van der Waals surface area (Å²) in [6.45, 7) is 9.13. The SMILES string of the molecule is COC1CCN(c2nccc(N(c3cc4c(cn3)c(C(N)=O)cn4C(C)C)C3CCN(CCCC4CCN(c5cccc6c5C(=O)N(C5CCC(=O)NC5=O)C6=O)CC4)CC3)n2)CC1F. The minimum Gasteiger partial charge on any atom is -0.378 e. The molecule has 9 rings (SSSR count). The van der Waals surface area contributed by atoms with Crippen LogP contribution in [0.25, 0.3) is 10.9 Å². The first-order valence-corrected chi connectivity index (χ1v) is 23.1. The molecule has 0 aliphatic carbocycles. The van der Waals surface area contributed by atoms with Crippen molar-refractivity contribution in [1.29, 1.82) is 0 Å². The number of nitrogens with one attached hydrogen (secondary N) is 1. The summed E-state index contributed by atoms with van der Waals surface area (Å²) in [5.74, 6) is -0.0967. The molecule has 0 radical (unpaired) electrons. The van der Waals surface area contributed by atoms with Crippen LogP contribution in [0.5, 0.6) is 0 Å². The van der Waals surface area contributed by atoms with E-state index in [0.717, 1.165) is 87.4 Å². The number of methoxy groups -OCH3 is 1. The largest absolute Gasteiger partial charge is 0.378 e. The Balaban J connectivity index is 0.838. The summed E-state index contributed by atoms with van der Waals surface area (Å²) < 4.78 is 22.4. The topological polar surface area (TPSA) is 192 Å². The normalized spacial score (nSPS) is 22.6. The third-order valence-electron chi connectivity index (χ3n) is 14.1. The van der Waals surface area contributed by atoms with Gasteiger partial charge in [0.15, 0.2) is 0 Å². The van der Waals surface area contributed by atoms with E-state index in [1.165, 1.54) is 0 Å². The van der Waals surface area contributed by atoms with Crippen molar-refractivity contribution in [2.75, 3.05) is 67.6 Å². The monoisotopic (exact) mass is 891 g/mol. The van der Waals surface area contributed by atoms with E-state index in [4.69, 9.17) is 20.4 Å². The number of halogens is 1. The molecule has 0 bridgehead atoms. The maximum atomic E-state index is 15.0. The number of nitrogens with two attached hydrogens (primary N) is 1. The van der Waals surface area contributed by atoms with E-state index < -0.39 is 47.9 Å². The molecule has 65 heavy (non-hydrogen) atoms. The summed E-state index contributed by atoms with van der Waals surface area (Å²) in [6, 6.07) is 8.37. The van der Waals surface area contributed by atoms with Gasteiger partial charge in [0.05, 0.1) is 40.5 Å². The lowest BCUT2D eigenvalue weighted by atomic mass is 9.91. The van der Waals surface area contributed by atoms with Crippen LogP contribution in [0.1, 0.15) is 109 Å². The number of amides is 5. The van der Waals surface area contributed by atoms with Gasteiger partial charge < -0.3 is 34.6 Å². The number of carbonyl (C=O) groups excluding carboxylic acids is 5. The molecule has 3 aromatic heterocycles. The van der Waals surface area contributed by atoms with E-state index in [-0.39, 0.29) is 31.5 Å². The molecule has 5 aliphatic heterocycles. The summed E-state index contributed by atoms with van der Waals surface area (Å²) in [5, 5.41) is 2.97. The Morgan fingerprint density at radius 3 is 2.43 bits per heavy atom. The van der Waals surface area contributed by atoms with Crippen molar-refractivity contribution in [2.24, 2.45) is 11.7 Å². The molecule has 344 valence electrons. The van der Waals surface area contributed by atoms with Gasteiger partial charge in [0.1, 0.15) is 23.8 Å². The predicted molar refractivity (Wildman–Crippen MR) is 242 cm³/mol. The molecule has 4 fully saturated rings. The van der Waals surface area contributed by atoms with Crippen molar-refractivity contribution in [3.63, 3.8) is 0 Å². The highest BCUT2D eigenvalue weighted by Crippen LogP contribution is 2.38. The van der Waals surface area contributed by atoms with Crippen LogP contribution in [0.4, 0.5) is 27.7 Å². The van der Waals surface area contributed by atoms with Gasteiger partial charge in [0.25, 0.3) is 17.7 Å². The van der Waals surface area contributed by atoms with Crippen LogP contribution in [0.3, 0.4) is 0 Å². The fourth-order valence-corrected chi connectivity index (χ4v) is 10.6. The number of primary amides is 1. The van der Waals surface area contributed by atoms with E-state index in [2.05, 4.69) is 38.8 Å². The molecule has 18 heteroatoms. The van der Waals surface area contributed by atoms with Crippen molar-refractivity contribution in [3.8, 4) is 0 Å². The highest BCUT2D eigenvalue weighted by Gasteiger charge is 2.46. The quantitative estimate of drug-likeness (QED) is 0.175. The highest BCUT2D eigenvalue weighted by atomic mass is 19.1. The summed E-state index contributed by atoms with van der Waals surface area (Å²) in [6.07, 6.45) is 10.2. The first-order chi connectivity index (χ1) is 31.4. The smallest absolute Gasteiger partial charge is 0.264 e. The number of nitrogens with zero attached hydrogens (tertiary/aromatic N) is 9. The van der Waals surface area contributed by atoms with E-state index >= 15 is 4.39 Å². The van der Waals surface area contributed by atoms with Crippen LogP contribution in [0.15, 0.2) is 48.9 Å². The molecule has 0 saturated carbocycles. The Morgan fingerprint density at radius 1 is 0.954 bits per heavy atom. The summed E-state index contributed by atoms with van der Waals surface area (Å²) in [7, 11) is 1.54. The van der Waals surface area contributed by atoms with Gasteiger partial charge in [-0.25, -0.2) is 14.4 Å². The minimum absolute atomic E-state index is 0.0622. The fraction of sp³-hybridized carbons (Fsp3) is 0.532. The van der Waals surface area contributed by atoms with Gasteiger partial charge in [0.2, 0.25) is 17.8 Å². The minimum atomic E-state index is -1.15.